The van der Waals surface area contributed by atoms with E-state index in [0.29, 0.717) is 36.9 Å². The van der Waals surface area contributed by atoms with Crippen LogP contribution in [-0.2, 0) is 31.4 Å². The summed E-state index contributed by atoms with van der Waals surface area (Å²) in [5.74, 6) is 0.542. The van der Waals surface area contributed by atoms with E-state index >= 15 is 0 Å². The Morgan fingerprint density at radius 1 is 0.829 bits per heavy atom. The van der Waals surface area contributed by atoms with Crippen LogP contribution in [0.2, 0.25) is 0 Å². The second-order valence-corrected chi connectivity index (χ2v) is 13.5. The van der Waals surface area contributed by atoms with Crippen LogP contribution in [0.15, 0.2) is 83.8 Å². The molecule has 0 bridgehead atoms. The number of hydrogen-bond acceptors (Lipinski definition) is 7. The average Bonchev–Trinajstić information content (AvgIpc) is 2.98. The van der Waals surface area contributed by atoms with Crippen molar-refractivity contribution in [3.8, 4) is 11.5 Å². The molecule has 10 nitrogen and oxygen atoms in total. The summed E-state index contributed by atoms with van der Waals surface area (Å²) >= 11 is 0. The first-order chi connectivity index (χ1) is 19.6. The zero-order valence-corrected chi connectivity index (χ0v) is 24.6. The van der Waals surface area contributed by atoms with Crippen molar-refractivity contribution in [1.82, 2.24) is 9.62 Å². The summed E-state index contributed by atoms with van der Waals surface area (Å²) in [6, 6.07) is 22.3. The van der Waals surface area contributed by atoms with Crippen molar-refractivity contribution in [3.63, 3.8) is 0 Å². The Balaban J connectivity index is 1.25. The lowest BCUT2D eigenvalue weighted by Gasteiger charge is -2.25. The number of carbonyl (C=O) groups is 1. The molecule has 1 N–H and O–H groups in total. The fourth-order valence-corrected chi connectivity index (χ4v) is 6.73. The Kier molecular flexibility index (Phi) is 10.2. The minimum absolute atomic E-state index is 0.121. The van der Waals surface area contributed by atoms with Crippen LogP contribution in [0.25, 0.3) is 0 Å². The molecule has 1 aliphatic rings. The van der Waals surface area contributed by atoms with E-state index in [4.69, 9.17) is 9.47 Å². The molecule has 3 aromatic carbocycles. The number of rotatable bonds is 13. The number of benzene rings is 3. The molecule has 1 saturated heterocycles. The van der Waals surface area contributed by atoms with E-state index in [1.165, 1.54) is 16.4 Å². The maximum atomic E-state index is 12.8. The van der Waals surface area contributed by atoms with Gasteiger partial charge in [-0.1, -0.05) is 36.8 Å². The Morgan fingerprint density at radius 3 is 2.07 bits per heavy atom. The first-order valence-electron chi connectivity index (χ1n) is 13.4. The predicted molar refractivity (Wildman–Crippen MR) is 157 cm³/mol. The van der Waals surface area contributed by atoms with Gasteiger partial charge in [0.25, 0.3) is 0 Å². The van der Waals surface area contributed by atoms with Gasteiger partial charge in [0, 0.05) is 13.1 Å². The van der Waals surface area contributed by atoms with Crippen LogP contribution in [0.4, 0.5) is 5.69 Å². The molecule has 0 atom stereocenters. The zero-order chi connectivity index (χ0) is 29.3. The van der Waals surface area contributed by atoms with E-state index in [9.17, 15) is 21.6 Å². The third kappa shape index (κ3) is 8.69. The third-order valence-corrected chi connectivity index (χ3v) is 9.58. The zero-order valence-electron chi connectivity index (χ0n) is 22.9. The summed E-state index contributed by atoms with van der Waals surface area (Å²) in [5, 5.41) is 2.66. The number of nitrogens with one attached hydrogen (secondary N) is 1. The number of amides is 1. The summed E-state index contributed by atoms with van der Waals surface area (Å²) in [4.78, 5) is 12.8. The lowest BCUT2D eigenvalue weighted by molar-refractivity contribution is -0.119. The van der Waals surface area contributed by atoms with Crippen molar-refractivity contribution in [2.75, 3.05) is 43.3 Å². The first-order valence-corrected chi connectivity index (χ1v) is 16.7. The third-order valence-electron chi connectivity index (χ3n) is 6.53. The van der Waals surface area contributed by atoms with Gasteiger partial charge in [-0.15, -0.1) is 0 Å². The lowest BCUT2D eigenvalue weighted by Crippen LogP contribution is -2.41. The Hall–Kier alpha value is -3.61. The molecule has 1 aliphatic heterocycles. The minimum Gasteiger partial charge on any atom is -0.492 e. The van der Waals surface area contributed by atoms with Crippen LogP contribution in [0, 0.1) is 0 Å². The maximum absolute atomic E-state index is 12.8. The monoisotopic (exact) mass is 601 g/mol. The van der Waals surface area contributed by atoms with E-state index in [1.54, 1.807) is 36.4 Å². The van der Waals surface area contributed by atoms with Crippen LogP contribution in [0.5, 0.6) is 11.5 Å². The van der Waals surface area contributed by atoms with Gasteiger partial charge in [0.1, 0.15) is 31.3 Å². The van der Waals surface area contributed by atoms with Crippen LogP contribution >= 0.6 is 0 Å². The Bertz CT molecular complexity index is 1490. The topological polar surface area (TPSA) is 122 Å². The second-order valence-electron chi connectivity index (χ2n) is 9.67. The van der Waals surface area contributed by atoms with Gasteiger partial charge in [-0.05, 0) is 66.9 Å². The molecule has 0 spiro atoms. The molecule has 3 aromatic rings. The van der Waals surface area contributed by atoms with Crippen molar-refractivity contribution in [1.29, 1.82) is 0 Å². The van der Waals surface area contributed by atoms with Gasteiger partial charge in [-0.2, -0.15) is 4.31 Å². The molecule has 4 rings (SSSR count). The molecule has 12 heteroatoms. The summed E-state index contributed by atoms with van der Waals surface area (Å²) in [6.07, 6.45) is 3.81. The van der Waals surface area contributed by atoms with E-state index in [-0.39, 0.29) is 18.0 Å². The molecular formula is C29H35N3O7S2. The molecule has 0 saturated carbocycles. The van der Waals surface area contributed by atoms with Crippen molar-refractivity contribution in [2.24, 2.45) is 0 Å². The first kappa shape index (κ1) is 30.4. The molecular weight excluding hydrogens is 566 g/mol. The number of anilines is 1. The van der Waals surface area contributed by atoms with E-state index < -0.39 is 32.5 Å². The van der Waals surface area contributed by atoms with Gasteiger partial charge < -0.3 is 14.8 Å². The van der Waals surface area contributed by atoms with E-state index in [0.717, 1.165) is 35.4 Å². The van der Waals surface area contributed by atoms with Crippen molar-refractivity contribution in [3.05, 3.63) is 84.4 Å². The highest BCUT2D eigenvalue weighted by molar-refractivity contribution is 7.92. The molecule has 0 aliphatic carbocycles. The number of hydrogen-bond donors (Lipinski definition) is 1. The molecule has 220 valence electrons. The Morgan fingerprint density at radius 2 is 1.44 bits per heavy atom. The number of ether oxygens (including phenoxy) is 2. The van der Waals surface area contributed by atoms with Crippen LogP contribution in [0.3, 0.4) is 0 Å². The molecule has 0 aromatic heterocycles. The van der Waals surface area contributed by atoms with Crippen molar-refractivity contribution >= 4 is 31.6 Å². The molecule has 0 unspecified atom stereocenters. The van der Waals surface area contributed by atoms with Crippen LogP contribution in [-0.4, -0.2) is 66.1 Å². The van der Waals surface area contributed by atoms with Crippen molar-refractivity contribution < 1.29 is 31.1 Å². The summed E-state index contributed by atoms with van der Waals surface area (Å²) in [6.45, 7) is 1.30. The highest BCUT2D eigenvalue weighted by atomic mass is 32.2. The van der Waals surface area contributed by atoms with Gasteiger partial charge in [-0.3, -0.25) is 9.10 Å². The van der Waals surface area contributed by atoms with Gasteiger partial charge in [0.2, 0.25) is 26.0 Å². The maximum Gasteiger partial charge on any atom is 0.243 e. The quantitative estimate of drug-likeness (QED) is 0.298. The normalized spacial score (nSPS) is 14.3. The summed E-state index contributed by atoms with van der Waals surface area (Å²) in [7, 11) is -7.25. The predicted octanol–water partition coefficient (Wildman–Crippen LogP) is 3.40. The van der Waals surface area contributed by atoms with Gasteiger partial charge >= 0.3 is 0 Å². The highest BCUT2D eigenvalue weighted by Gasteiger charge is 2.26. The lowest BCUT2D eigenvalue weighted by atomic mass is 10.2. The van der Waals surface area contributed by atoms with E-state index in [1.807, 2.05) is 30.3 Å². The van der Waals surface area contributed by atoms with Gasteiger partial charge in [0.15, 0.2) is 0 Å². The smallest absolute Gasteiger partial charge is 0.243 e. The standard InChI is InChI=1S/C29H35N3O7S2/c1-40(34,35)32(25-10-12-27(13-11-25)39-23-24-8-4-2-5-9-24)22-29(33)30-18-21-38-26-14-16-28(17-15-26)41(36,37)31-19-6-3-7-20-31/h2,4-5,8-17H,3,6-7,18-23H2,1H3,(H,30,33). The minimum atomic E-state index is -3.73. The van der Waals surface area contributed by atoms with E-state index in [2.05, 4.69) is 5.32 Å². The summed E-state index contributed by atoms with van der Waals surface area (Å²) < 4.78 is 64.3. The number of piperidine rings is 1. The van der Waals surface area contributed by atoms with Crippen LogP contribution in [0.1, 0.15) is 24.8 Å². The highest BCUT2D eigenvalue weighted by Crippen LogP contribution is 2.24. The molecule has 0 radical (unpaired) electrons. The Labute approximate surface area is 242 Å². The van der Waals surface area contributed by atoms with Gasteiger partial charge in [0.05, 0.1) is 23.4 Å². The fourth-order valence-electron chi connectivity index (χ4n) is 4.36. The number of nitrogens with zero attached hydrogens (tertiary/aromatic N) is 2. The summed E-state index contributed by atoms with van der Waals surface area (Å²) in [5.41, 5.74) is 1.35. The molecule has 41 heavy (non-hydrogen) atoms. The second kappa shape index (κ2) is 13.8. The molecule has 1 fully saturated rings. The average molecular weight is 602 g/mol. The van der Waals surface area contributed by atoms with Crippen molar-refractivity contribution in [2.45, 2.75) is 30.8 Å². The number of sulfonamides is 2. The molecule has 1 amide bonds. The number of carbonyl (C=O) groups excluding carboxylic acids is 1. The molecule has 1 heterocycles. The fraction of sp³-hybridized carbons (Fsp3) is 0.345. The SMILES string of the molecule is CS(=O)(=O)N(CC(=O)NCCOc1ccc(S(=O)(=O)N2CCCCC2)cc1)c1ccc(OCc2ccccc2)cc1. The largest absolute Gasteiger partial charge is 0.492 e. The van der Waals surface area contributed by atoms with Gasteiger partial charge in [-0.25, -0.2) is 16.8 Å². The van der Waals surface area contributed by atoms with Crippen LogP contribution < -0.4 is 19.1 Å².